The van der Waals surface area contributed by atoms with E-state index in [2.05, 4.69) is 16.7 Å². The molecular weight excluding hydrogens is 354 g/mol. The van der Waals surface area contributed by atoms with Gasteiger partial charge in [0.05, 0.1) is 17.7 Å². The summed E-state index contributed by atoms with van der Waals surface area (Å²) in [4.78, 5) is 26.6. The summed E-state index contributed by atoms with van der Waals surface area (Å²) in [5.74, 6) is -0.138. The van der Waals surface area contributed by atoms with Crippen LogP contribution in [0.1, 0.15) is 44.2 Å². The molecule has 0 saturated carbocycles. The lowest BCUT2D eigenvalue weighted by Gasteiger charge is -2.28. The number of nitrogens with one attached hydrogen (secondary N) is 2. The predicted octanol–water partition coefficient (Wildman–Crippen LogP) is 2.76. The maximum absolute atomic E-state index is 12.7. The number of hydrogen-bond donors (Lipinski definition) is 2. The molecule has 7 nitrogen and oxygen atoms in total. The van der Waals surface area contributed by atoms with Crippen molar-refractivity contribution in [2.75, 3.05) is 13.1 Å². The second kappa shape index (κ2) is 10.1. The molecule has 1 aromatic carbocycles. The fourth-order valence-electron chi connectivity index (χ4n) is 3.08. The molecule has 0 aliphatic carbocycles. The van der Waals surface area contributed by atoms with Crippen LogP contribution in [0, 0.1) is 28.6 Å². The minimum Gasteiger partial charge on any atom is -0.341 e. The largest absolute Gasteiger partial charge is 0.341 e. The summed E-state index contributed by atoms with van der Waals surface area (Å²) in [5, 5.41) is 22.9. The van der Waals surface area contributed by atoms with Gasteiger partial charge in [-0.05, 0) is 48.4 Å². The van der Waals surface area contributed by atoms with Crippen LogP contribution >= 0.6 is 0 Å². The first-order valence-electron chi connectivity index (χ1n) is 9.37. The zero-order valence-electron chi connectivity index (χ0n) is 16.2. The molecule has 1 aromatic rings. The Morgan fingerprint density at radius 3 is 2.54 bits per heavy atom. The van der Waals surface area contributed by atoms with Crippen LogP contribution in [0.25, 0.3) is 5.57 Å². The van der Waals surface area contributed by atoms with Crippen molar-refractivity contribution in [2.45, 2.75) is 39.2 Å². The molecule has 1 aliphatic rings. The van der Waals surface area contributed by atoms with Crippen molar-refractivity contribution in [3.05, 3.63) is 41.6 Å². The molecule has 1 aliphatic heterocycles. The van der Waals surface area contributed by atoms with Crippen molar-refractivity contribution in [1.29, 1.82) is 10.5 Å². The van der Waals surface area contributed by atoms with Crippen LogP contribution in [0.5, 0.6) is 0 Å². The number of carbonyl (C=O) groups is 2. The maximum Gasteiger partial charge on any atom is 0.322 e. The number of hydrogen-bond acceptors (Lipinski definition) is 4. The van der Waals surface area contributed by atoms with Crippen molar-refractivity contribution in [2.24, 2.45) is 5.92 Å². The van der Waals surface area contributed by atoms with E-state index in [-0.39, 0.29) is 24.4 Å². The Kier molecular flexibility index (Phi) is 7.59. The smallest absolute Gasteiger partial charge is 0.322 e. The second-order valence-electron chi connectivity index (χ2n) is 7.15. The van der Waals surface area contributed by atoms with Gasteiger partial charge in [-0.3, -0.25) is 4.79 Å². The van der Waals surface area contributed by atoms with Gasteiger partial charge in [-0.25, -0.2) is 4.79 Å². The average Bonchev–Trinajstić information content (AvgIpc) is 2.71. The number of nitrogens with zero attached hydrogens (tertiary/aromatic N) is 3. The number of nitriles is 2. The highest BCUT2D eigenvalue weighted by molar-refractivity contribution is 5.88. The molecule has 0 aromatic heterocycles. The van der Waals surface area contributed by atoms with Gasteiger partial charge >= 0.3 is 6.03 Å². The molecule has 0 fully saturated rings. The van der Waals surface area contributed by atoms with Crippen LogP contribution in [0.3, 0.4) is 0 Å². The third kappa shape index (κ3) is 5.85. The highest BCUT2D eigenvalue weighted by Gasteiger charge is 2.25. The molecule has 0 spiro atoms. The van der Waals surface area contributed by atoms with E-state index in [9.17, 15) is 9.59 Å². The first kappa shape index (κ1) is 21.0. The van der Waals surface area contributed by atoms with Crippen LogP contribution in [0.4, 0.5) is 4.79 Å². The molecule has 7 heteroatoms. The van der Waals surface area contributed by atoms with Gasteiger partial charge in [0, 0.05) is 12.7 Å². The quantitative estimate of drug-likeness (QED) is 0.741. The number of carbonyl (C=O) groups excluding carboxylic acids is 2. The lowest BCUT2D eigenvalue weighted by atomic mass is 9.98. The second-order valence-corrected chi connectivity index (χ2v) is 7.15. The fourth-order valence-corrected chi connectivity index (χ4v) is 3.08. The molecule has 0 radical (unpaired) electrons. The van der Waals surface area contributed by atoms with E-state index in [4.69, 9.17) is 10.5 Å². The zero-order chi connectivity index (χ0) is 20.5. The number of allylic oxidation sites excluding steroid dienone is 1. The van der Waals surface area contributed by atoms with E-state index in [1.807, 2.05) is 32.0 Å². The first-order valence-corrected chi connectivity index (χ1v) is 9.37. The minimum atomic E-state index is -0.686. The Labute approximate surface area is 165 Å². The Bertz CT molecular complexity index is 815. The van der Waals surface area contributed by atoms with Crippen molar-refractivity contribution >= 4 is 17.5 Å². The topological polar surface area (TPSA) is 109 Å². The summed E-state index contributed by atoms with van der Waals surface area (Å²) in [7, 11) is 0. The molecule has 2 N–H and O–H groups in total. The summed E-state index contributed by atoms with van der Waals surface area (Å²) >= 11 is 0. The molecule has 146 valence electrons. The van der Waals surface area contributed by atoms with Gasteiger partial charge in [0.25, 0.3) is 0 Å². The van der Waals surface area contributed by atoms with Crippen molar-refractivity contribution in [1.82, 2.24) is 15.5 Å². The van der Waals surface area contributed by atoms with E-state index in [1.165, 1.54) is 0 Å². The zero-order valence-corrected chi connectivity index (χ0v) is 16.2. The molecule has 1 heterocycles. The lowest BCUT2D eigenvalue weighted by Crippen LogP contribution is -2.51. The van der Waals surface area contributed by atoms with Gasteiger partial charge in [-0.2, -0.15) is 10.5 Å². The molecule has 0 bridgehead atoms. The average molecular weight is 379 g/mol. The van der Waals surface area contributed by atoms with Gasteiger partial charge in [0.1, 0.15) is 12.6 Å². The van der Waals surface area contributed by atoms with E-state index in [0.29, 0.717) is 18.5 Å². The number of benzene rings is 1. The SMILES string of the molecule is CC(C)CC(NC(=O)N1C=C(c2ccc(C#N)cc2)CCC1)C(=O)NCC#N. The molecular formula is C21H25N5O2. The van der Waals surface area contributed by atoms with Crippen LogP contribution < -0.4 is 10.6 Å². The molecule has 28 heavy (non-hydrogen) atoms. The minimum absolute atomic E-state index is 0.0875. The molecule has 3 amide bonds. The van der Waals surface area contributed by atoms with Gasteiger partial charge in [0.2, 0.25) is 5.91 Å². The van der Waals surface area contributed by atoms with Gasteiger partial charge < -0.3 is 15.5 Å². The van der Waals surface area contributed by atoms with Gasteiger partial charge in [-0.15, -0.1) is 0 Å². The first-order chi connectivity index (χ1) is 13.4. The van der Waals surface area contributed by atoms with Crippen LogP contribution in [-0.2, 0) is 4.79 Å². The molecule has 2 rings (SSSR count). The van der Waals surface area contributed by atoms with Crippen molar-refractivity contribution < 1.29 is 9.59 Å². The fraction of sp³-hybridized carbons (Fsp3) is 0.429. The standard InChI is InChI=1S/C21H25N5O2/c1-15(2)12-19(20(27)24-10-9-22)25-21(28)26-11-3-4-18(14-26)17-7-5-16(13-23)6-8-17/h5-8,14-15,19H,3-4,10-12H2,1-2H3,(H,24,27)(H,25,28). The summed E-state index contributed by atoms with van der Waals surface area (Å²) in [6, 6.07) is 10.2. The highest BCUT2D eigenvalue weighted by Crippen LogP contribution is 2.25. The third-order valence-electron chi connectivity index (χ3n) is 4.47. The van der Waals surface area contributed by atoms with Crippen molar-refractivity contribution in [3.8, 4) is 12.1 Å². The molecule has 0 saturated heterocycles. The Morgan fingerprint density at radius 2 is 1.93 bits per heavy atom. The van der Waals surface area contributed by atoms with Crippen LogP contribution in [0.2, 0.25) is 0 Å². The summed E-state index contributed by atoms with van der Waals surface area (Å²) in [6.45, 7) is 4.43. The summed E-state index contributed by atoms with van der Waals surface area (Å²) in [6.07, 6.45) is 3.95. The molecule has 1 unspecified atom stereocenters. The number of urea groups is 1. The third-order valence-corrected chi connectivity index (χ3v) is 4.47. The van der Waals surface area contributed by atoms with E-state index >= 15 is 0 Å². The van der Waals surface area contributed by atoms with E-state index in [1.54, 1.807) is 23.2 Å². The van der Waals surface area contributed by atoms with E-state index < -0.39 is 6.04 Å². The Hall–Kier alpha value is -3.32. The summed E-state index contributed by atoms with van der Waals surface area (Å²) in [5.41, 5.74) is 2.58. The number of amides is 3. The number of rotatable bonds is 6. The Morgan fingerprint density at radius 1 is 1.21 bits per heavy atom. The Balaban J connectivity index is 2.10. The summed E-state index contributed by atoms with van der Waals surface area (Å²) < 4.78 is 0. The normalized spacial score (nSPS) is 14.5. The highest BCUT2D eigenvalue weighted by atomic mass is 16.2. The van der Waals surface area contributed by atoms with Gasteiger partial charge in [-0.1, -0.05) is 26.0 Å². The van der Waals surface area contributed by atoms with Crippen molar-refractivity contribution in [3.63, 3.8) is 0 Å². The van der Waals surface area contributed by atoms with Gasteiger partial charge in [0.15, 0.2) is 0 Å². The lowest BCUT2D eigenvalue weighted by molar-refractivity contribution is -0.123. The van der Waals surface area contributed by atoms with Crippen LogP contribution in [0.15, 0.2) is 30.5 Å². The van der Waals surface area contributed by atoms with Crippen LogP contribution in [-0.4, -0.2) is 36.0 Å². The predicted molar refractivity (Wildman–Crippen MR) is 105 cm³/mol. The monoisotopic (exact) mass is 379 g/mol. The van der Waals surface area contributed by atoms with E-state index in [0.717, 1.165) is 24.0 Å². The maximum atomic E-state index is 12.7. The molecule has 1 atom stereocenters.